The van der Waals surface area contributed by atoms with Crippen molar-refractivity contribution in [1.82, 2.24) is 4.90 Å². The van der Waals surface area contributed by atoms with Crippen LogP contribution in [0.5, 0.6) is 0 Å². The first-order chi connectivity index (χ1) is 10.6. The number of urea groups is 1. The summed E-state index contributed by atoms with van der Waals surface area (Å²) in [5.41, 5.74) is 1.88. The van der Waals surface area contributed by atoms with E-state index in [2.05, 4.69) is 32.2 Å². The lowest BCUT2D eigenvalue weighted by atomic mass is 9.87. The normalized spacial score (nSPS) is 23.4. The Morgan fingerprint density at radius 3 is 2.39 bits per heavy atom. The molecule has 1 aromatic rings. The topological polar surface area (TPSA) is 73.2 Å². The van der Waals surface area contributed by atoms with Crippen molar-refractivity contribution in [2.24, 2.45) is 0 Å². The summed E-state index contributed by atoms with van der Waals surface area (Å²) in [5, 5.41) is 12.0. The number of anilines is 1. The van der Waals surface area contributed by atoms with Gasteiger partial charge in [0.1, 0.15) is 10.9 Å². The number of hydrogen-bond acceptors (Lipinski definition) is 3. The summed E-state index contributed by atoms with van der Waals surface area (Å²) in [7, 11) is -1.24. The van der Waals surface area contributed by atoms with Gasteiger partial charge in [0.2, 0.25) is 0 Å². The predicted molar refractivity (Wildman–Crippen MR) is 92.5 cm³/mol. The molecule has 0 saturated carbocycles. The van der Waals surface area contributed by atoms with E-state index >= 15 is 0 Å². The Hall–Kier alpha value is -1.87. The molecule has 2 rings (SSSR count). The Morgan fingerprint density at radius 2 is 1.91 bits per heavy atom. The van der Waals surface area contributed by atoms with Crippen LogP contribution in [0, 0.1) is 11.3 Å². The minimum atomic E-state index is -1.24. The van der Waals surface area contributed by atoms with Crippen molar-refractivity contribution in [3.63, 3.8) is 0 Å². The zero-order valence-electron chi connectivity index (χ0n) is 14.2. The second-order valence-electron chi connectivity index (χ2n) is 7.23. The maximum absolute atomic E-state index is 12.6. The van der Waals surface area contributed by atoms with Crippen LogP contribution < -0.4 is 5.32 Å². The van der Waals surface area contributed by atoms with Gasteiger partial charge in [0.25, 0.3) is 0 Å². The van der Waals surface area contributed by atoms with Gasteiger partial charge in [0.15, 0.2) is 0 Å². The third-order valence-corrected chi connectivity index (χ3v) is 6.06. The predicted octanol–water partition coefficient (Wildman–Crippen LogP) is 3.21. The van der Waals surface area contributed by atoms with E-state index in [1.54, 1.807) is 13.8 Å². The third kappa shape index (κ3) is 3.40. The van der Waals surface area contributed by atoms with E-state index in [-0.39, 0.29) is 11.2 Å². The van der Waals surface area contributed by atoms with Crippen molar-refractivity contribution in [3.8, 4) is 6.07 Å². The molecule has 1 N–H and O–H groups in total. The summed E-state index contributed by atoms with van der Waals surface area (Å²) in [6.45, 7) is 9.83. The largest absolute Gasteiger partial charge is 0.324 e. The zero-order valence-corrected chi connectivity index (χ0v) is 15.0. The Labute approximate surface area is 140 Å². The average molecular weight is 333 g/mol. The first-order valence-corrected chi connectivity index (χ1v) is 8.88. The molecule has 1 heterocycles. The van der Waals surface area contributed by atoms with Crippen molar-refractivity contribution in [2.45, 2.75) is 50.9 Å². The fraction of sp³-hybridized carbons (Fsp3) is 0.529. The molecule has 0 radical (unpaired) electrons. The number of nitrogens with one attached hydrogen (secondary N) is 1. The van der Waals surface area contributed by atoms with Crippen LogP contribution in [0.25, 0.3) is 0 Å². The zero-order chi connectivity index (χ0) is 17.4. The van der Waals surface area contributed by atoms with Crippen molar-refractivity contribution < 1.29 is 9.00 Å². The molecule has 1 saturated heterocycles. The molecule has 1 fully saturated rings. The smallest absolute Gasteiger partial charge is 0.308 e. The maximum Gasteiger partial charge on any atom is 0.324 e. The highest BCUT2D eigenvalue weighted by molar-refractivity contribution is 7.86. The second kappa shape index (κ2) is 5.97. The van der Waals surface area contributed by atoms with Crippen LogP contribution in [0.1, 0.15) is 40.2 Å². The molecule has 2 amide bonds. The SMILES string of the molecule is CC(C)(C)c1ccc(NC(=O)N2C(C#N)CS(=O)C2(C)C)cc1. The van der Waals surface area contributed by atoms with Crippen LogP contribution in [0.4, 0.5) is 10.5 Å². The van der Waals surface area contributed by atoms with E-state index in [4.69, 9.17) is 0 Å². The summed E-state index contributed by atoms with van der Waals surface area (Å²) < 4.78 is 12.1. The Kier molecular flexibility index (Phi) is 4.54. The molecule has 0 aliphatic carbocycles. The molecule has 0 bridgehead atoms. The van der Waals surface area contributed by atoms with Gasteiger partial charge in [-0.25, -0.2) is 4.79 Å². The Morgan fingerprint density at radius 1 is 1.35 bits per heavy atom. The summed E-state index contributed by atoms with van der Waals surface area (Å²) >= 11 is 0. The number of amides is 2. The molecule has 1 aliphatic heterocycles. The number of nitriles is 1. The molecular weight excluding hydrogens is 310 g/mol. The maximum atomic E-state index is 12.6. The van der Waals surface area contributed by atoms with E-state index in [1.807, 2.05) is 24.3 Å². The lowest BCUT2D eigenvalue weighted by molar-refractivity contribution is 0.184. The highest BCUT2D eigenvalue weighted by atomic mass is 32.2. The number of benzene rings is 1. The Bertz CT molecular complexity index is 669. The quantitative estimate of drug-likeness (QED) is 0.857. The molecule has 6 heteroatoms. The van der Waals surface area contributed by atoms with Gasteiger partial charge in [-0.3, -0.25) is 9.11 Å². The van der Waals surface area contributed by atoms with Crippen LogP contribution in [-0.4, -0.2) is 31.8 Å². The lowest BCUT2D eigenvalue weighted by Gasteiger charge is -2.31. The van der Waals surface area contributed by atoms with Crippen molar-refractivity contribution in [2.75, 3.05) is 11.1 Å². The average Bonchev–Trinajstić information content (AvgIpc) is 2.68. The number of nitrogens with zero attached hydrogens (tertiary/aromatic N) is 2. The number of carbonyl (C=O) groups excluding carboxylic acids is 1. The molecule has 0 aromatic heterocycles. The molecule has 0 spiro atoms. The first kappa shape index (κ1) is 17.5. The molecule has 124 valence electrons. The fourth-order valence-corrected chi connectivity index (χ4v) is 3.97. The Balaban J connectivity index is 2.19. The summed E-state index contributed by atoms with van der Waals surface area (Å²) in [4.78, 5) is 13.1. The number of carbonyl (C=O) groups is 1. The fourth-order valence-electron chi connectivity index (χ4n) is 2.63. The van der Waals surface area contributed by atoms with Crippen LogP contribution >= 0.6 is 0 Å². The first-order valence-electron chi connectivity index (χ1n) is 7.56. The van der Waals surface area contributed by atoms with Crippen LogP contribution in [0.3, 0.4) is 0 Å². The number of rotatable bonds is 1. The minimum absolute atomic E-state index is 0.0439. The molecule has 2 atom stereocenters. The second-order valence-corrected chi connectivity index (χ2v) is 9.25. The van der Waals surface area contributed by atoms with Crippen LogP contribution in [-0.2, 0) is 16.2 Å². The lowest BCUT2D eigenvalue weighted by Crippen LogP contribution is -2.49. The van der Waals surface area contributed by atoms with Gasteiger partial charge in [-0.15, -0.1) is 0 Å². The van der Waals surface area contributed by atoms with Gasteiger partial charge in [0, 0.05) is 5.69 Å². The van der Waals surface area contributed by atoms with Crippen molar-refractivity contribution in [1.29, 1.82) is 5.26 Å². The summed E-state index contributed by atoms with van der Waals surface area (Å²) in [6, 6.07) is 8.66. The monoisotopic (exact) mass is 333 g/mol. The summed E-state index contributed by atoms with van der Waals surface area (Å²) in [5.74, 6) is 0.194. The molecule has 1 aliphatic rings. The molecule has 5 nitrogen and oxygen atoms in total. The van der Waals surface area contributed by atoms with Gasteiger partial charge in [-0.05, 0) is 37.0 Å². The van der Waals surface area contributed by atoms with Crippen molar-refractivity contribution in [3.05, 3.63) is 29.8 Å². The van der Waals surface area contributed by atoms with Gasteiger partial charge in [-0.1, -0.05) is 32.9 Å². The van der Waals surface area contributed by atoms with Crippen LogP contribution in [0.2, 0.25) is 0 Å². The van der Waals surface area contributed by atoms with E-state index in [9.17, 15) is 14.3 Å². The van der Waals surface area contributed by atoms with E-state index in [1.165, 1.54) is 10.5 Å². The molecular formula is C17H23N3O2S. The highest BCUT2D eigenvalue weighted by Crippen LogP contribution is 2.31. The molecule has 1 aromatic carbocycles. The standard InChI is InChI=1S/C17H23N3O2S/c1-16(2,3)12-6-8-13(9-7-12)19-15(21)20-14(10-18)11-23(22)17(20,4)5/h6-9,14H,11H2,1-5H3,(H,19,21). The van der Waals surface area contributed by atoms with Gasteiger partial charge in [0.05, 0.1) is 22.6 Å². The van der Waals surface area contributed by atoms with Gasteiger partial charge in [-0.2, -0.15) is 5.26 Å². The van der Waals surface area contributed by atoms with Gasteiger partial charge < -0.3 is 5.32 Å². The summed E-state index contributed by atoms with van der Waals surface area (Å²) in [6.07, 6.45) is 0. The third-order valence-electron chi connectivity index (χ3n) is 4.13. The van der Waals surface area contributed by atoms with Crippen molar-refractivity contribution >= 4 is 22.5 Å². The van der Waals surface area contributed by atoms with E-state index in [0.29, 0.717) is 5.69 Å². The van der Waals surface area contributed by atoms with Gasteiger partial charge >= 0.3 is 6.03 Å². The van der Waals surface area contributed by atoms with E-state index in [0.717, 1.165) is 0 Å². The minimum Gasteiger partial charge on any atom is -0.308 e. The van der Waals surface area contributed by atoms with E-state index < -0.39 is 27.7 Å². The molecule has 23 heavy (non-hydrogen) atoms. The van der Waals surface area contributed by atoms with Crippen LogP contribution in [0.15, 0.2) is 24.3 Å². The molecule has 2 unspecified atom stereocenters. The highest BCUT2D eigenvalue weighted by Gasteiger charge is 2.48. The number of hydrogen-bond donors (Lipinski definition) is 1.